The molecule has 0 bridgehead atoms. The predicted octanol–water partition coefficient (Wildman–Crippen LogP) is 4.62. The van der Waals surface area contributed by atoms with Crippen LogP contribution in [0.4, 0.5) is 5.69 Å². The average molecular weight is 424 g/mol. The van der Waals surface area contributed by atoms with E-state index >= 15 is 0 Å². The van der Waals surface area contributed by atoms with Gasteiger partial charge in [0.1, 0.15) is 5.75 Å². The van der Waals surface area contributed by atoms with Crippen LogP contribution in [0.25, 0.3) is 0 Å². The van der Waals surface area contributed by atoms with E-state index in [1.807, 2.05) is 29.2 Å². The molecular weight excluding hydrogens is 394 g/mol. The Morgan fingerprint density at radius 1 is 1.00 bits per heavy atom. The van der Waals surface area contributed by atoms with Crippen molar-refractivity contribution in [2.45, 2.75) is 57.7 Å². The summed E-state index contributed by atoms with van der Waals surface area (Å²) in [5, 5.41) is 7.05. The number of rotatable bonds is 7. The van der Waals surface area contributed by atoms with Crippen molar-refractivity contribution in [3.8, 4) is 5.75 Å². The van der Waals surface area contributed by atoms with Gasteiger partial charge < -0.3 is 20.3 Å². The topological polar surface area (TPSA) is 53.6 Å². The molecule has 0 atom stereocenters. The second kappa shape index (κ2) is 9.94. The zero-order chi connectivity index (χ0) is 20.8. The molecule has 0 radical (unpaired) electrons. The van der Waals surface area contributed by atoms with E-state index in [-0.39, 0.29) is 5.91 Å². The summed E-state index contributed by atoms with van der Waals surface area (Å²) in [5.74, 6) is 1.18. The summed E-state index contributed by atoms with van der Waals surface area (Å²) < 4.78 is 6.00. The SMILES string of the molecule is O=C1CCCN1Cc1ccc(CNC(=S)Nc2ccc(OC3CCCC3)cc2)cc1. The number of ether oxygens (including phenoxy) is 1. The Kier molecular flexibility index (Phi) is 6.84. The van der Waals surface area contributed by atoms with Gasteiger partial charge in [-0.1, -0.05) is 24.3 Å². The zero-order valence-corrected chi connectivity index (χ0v) is 18.0. The molecule has 1 aliphatic carbocycles. The van der Waals surface area contributed by atoms with E-state index in [1.54, 1.807) is 0 Å². The van der Waals surface area contributed by atoms with Gasteiger partial charge in [-0.3, -0.25) is 4.79 Å². The van der Waals surface area contributed by atoms with Crippen LogP contribution in [0.15, 0.2) is 48.5 Å². The molecule has 2 fully saturated rings. The first kappa shape index (κ1) is 20.7. The van der Waals surface area contributed by atoms with Crippen molar-refractivity contribution in [2.24, 2.45) is 0 Å². The summed E-state index contributed by atoms with van der Waals surface area (Å²) in [6.45, 7) is 2.22. The van der Waals surface area contributed by atoms with Crippen molar-refractivity contribution in [1.82, 2.24) is 10.2 Å². The predicted molar refractivity (Wildman–Crippen MR) is 123 cm³/mol. The van der Waals surface area contributed by atoms with E-state index in [9.17, 15) is 4.79 Å². The van der Waals surface area contributed by atoms with Gasteiger partial charge in [0.2, 0.25) is 5.91 Å². The fourth-order valence-corrected chi connectivity index (χ4v) is 4.22. The van der Waals surface area contributed by atoms with E-state index in [0.717, 1.165) is 48.4 Å². The van der Waals surface area contributed by atoms with Crippen LogP contribution in [-0.4, -0.2) is 28.6 Å². The summed E-state index contributed by atoms with van der Waals surface area (Å²) >= 11 is 5.42. The summed E-state index contributed by atoms with van der Waals surface area (Å²) in [4.78, 5) is 13.7. The number of hydrogen-bond acceptors (Lipinski definition) is 3. The van der Waals surface area contributed by atoms with Gasteiger partial charge in [0, 0.05) is 31.7 Å². The maximum Gasteiger partial charge on any atom is 0.222 e. The number of benzene rings is 2. The van der Waals surface area contributed by atoms with Gasteiger partial charge in [-0.25, -0.2) is 0 Å². The number of nitrogens with one attached hydrogen (secondary N) is 2. The van der Waals surface area contributed by atoms with Crippen LogP contribution in [-0.2, 0) is 17.9 Å². The third-order valence-electron chi connectivity index (χ3n) is 5.74. The summed E-state index contributed by atoms with van der Waals surface area (Å²) in [7, 11) is 0. The normalized spacial score (nSPS) is 16.7. The minimum Gasteiger partial charge on any atom is -0.490 e. The Hall–Kier alpha value is -2.60. The number of amides is 1. The highest BCUT2D eigenvalue weighted by atomic mass is 32.1. The second-order valence-electron chi connectivity index (χ2n) is 8.09. The Balaban J connectivity index is 1.21. The van der Waals surface area contributed by atoms with Gasteiger partial charge in [-0.15, -0.1) is 0 Å². The molecule has 0 aromatic heterocycles. The fraction of sp³-hybridized carbons (Fsp3) is 0.417. The number of carbonyl (C=O) groups excluding carboxylic acids is 1. The highest BCUT2D eigenvalue weighted by molar-refractivity contribution is 7.80. The molecule has 1 aliphatic heterocycles. The quantitative estimate of drug-likeness (QED) is 0.637. The number of likely N-dealkylation sites (tertiary alicyclic amines) is 1. The van der Waals surface area contributed by atoms with E-state index in [2.05, 4.69) is 34.9 Å². The van der Waals surface area contributed by atoms with Crippen LogP contribution < -0.4 is 15.4 Å². The van der Waals surface area contributed by atoms with Crippen LogP contribution in [0.3, 0.4) is 0 Å². The standard InChI is InChI=1S/C24H29N3O2S/c28-23-6-3-15-27(23)17-19-9-7-18(8-10-19)16-25-24(30)26-20-11-13-22(14-12-20)29-21-4-1-2-5-21/h7-14,21H,1-6,15-17H2,(H2,25,26,30). The van der Waals surface area contributed by atoms with Crippen molar-refractivity contribution in [3.63, 3.8) is 0 Å². The van der Waals surface area contributed by atoms with Crippen molar-refractivity contribution in [1.29, 1.82) is 0 Å². The average Bonchev–Trinajstić information content (AvgIpc) is 3.41. The lowest BCUT2D eigenvalue weighted by atomic mass is 10.1. The van der Waals surface area contributed by atoms with Gasteiger partial charge in [-0.2, -0.15) is 0 Å². The maximum atomic E-state index is 11.8. The minimum atomic E-state index is 0.260. The first-order valence-electron chi connectivity index (χ1n) is 10.8. The molecule has 2 aromatic carbocycles. The number of anilines is 1. The molecule has 2 aromatic rings. The van der Waals surface area contributed by atoms with Crippen molar-refractivity contribution >= 4 is 28.9 Å². The van der Waals surface area contributed by atoms with E-state index < -0.39 is 0 Å². The van der Waals surface area contributed by atoms with Gasteiger partial charge in [0.05, 0.1) is 6.10 Å². The molecule has 1 amide bonds. The Morgan fingerprint density at radius 2 is 1.70 bits per heavy atom. The number of carbonyl (C=O) groups is 1. The van der Waals surface area contributed by atoms with Gasteiger partial charge in [-0.05, 0) is 79.7 Å². The van der Waals surface area contributed by atoms with Gasteiger partial charge >= 0.3 is 0 Å². The lowest BCUT2D eigenvalue weighted by Crippen LogP contribution is -2.28. The highest BCUT2D eigenvalue weighted by Gasteiger charge is 2.19. The van der Waals surface area contributed by atoms with Gasteiger partial charge in [0.15, 0.2) is 5.11 Å². The molecule has 1 saturated heterocycles. The van der Waals surface area contributed by atoms with Crippen molar-refractivity contribution < 1.29 is 9.53 Å². The molecule has 5 nitrogen and oxygen atoms in total. The van der Waals surface area contributed by atoms with E-state index in [4.69, 9.17) is 17.0 Å². The molecule has 1 saturated carbocycles. The van der Waals surface area contributed by atoms with Crippen LogP contribution in [0, 0.1) is 0 Å². The van der Waals surface area contributed by atoms with Crippen LogP contribution >= 0.6 is 12.2 Å². The third kappa shape index (κ3) is 5.72. The van der Waals surface area contributed by atoms with Crippen molar-refractivity contribution in [3.05, 3.63) is 59.7 Å². The number of nitrogens with zero attached hydrogens (tertiary/aromatic N) is 1. The first-order chi connectivity index (χ1) is 14.7. The third-order valence-corrected chi connectivity index (χ3v) is 5.98. The highest BCUT2D eigenvalue weighted by Crippen LogP contribution is 2.25. The smallest absolute Gasteiger partial charge is 0.222 e. The summed E-state index contributed by atoms with van der Waals surface area (Å²) in [5.41, 5.74) is 3.25. The molecule has 6 heteroatoms. The molecule has 1 heterocycles. The lowest BCUT2D eigenvalue weighted by Gasteiger charge is -2.16. The Bertz CT molecular complexity index is 861. The minimum absolute atomic E-state index is 0.260. The largest absolute Gasteiger partial charge is 0.490 e. The first-order valence-corrected chi connectivity index (χ1v) is 11.2. The molecule has 2 N–H and O–H groups in total. The van der Waals surface area contributed by atoms with Crippen LogP contribution in [0.1, 0.15) is 49.7 Å². The van der Waals surface area contributed by atoms with E-state index in [0.29, 0.717) is 30.7 Å². The molecule has 158 valence electrons. The monoisotopic (exact) mass is 423 g/mol. The Labute approximate surface area is 183 Å². The number of hydrogen-bond donors (Lipinski definition) is 2. The lowest BCUT2D eigenvalue weighted by molar-refractivity contribution is -0.128. The summed E-state index contributed by atoms with van der Waals surface area (Å²) in [6, 6.07) is 16.3. The van der Waals surface area contributed by atoms with Crippen LogP contribution in [0.2, 0.25) is 0 Å². The molecule has 4 rings (SSSR count). The van der Waals surface area contributed by atoms with Crippen molar-refractivity contribution in [2.75, 3.05) is 11.9 Å². The fourth-order valence-electron chi connectivity index (χ4n) is 4.03. The molecule has 30 heavy (non-hydrogen) atoms. The van der Waals surface area contributed by atoms with Gasteiger partial charge in [0.25, 0.3) is 0 Å². The van der Waals surface area contributed by atoms with E-state index in [1.165, 1.54) is 12.8 Å². The maximum absolute atomic E-state index is 11.8. The molecule has 0 unspecified atom stereocenters. The molecule has 0 spiro atoms. The zero-order valence-electron chi connectivity index (χ0n) is 17.2. The molecule has 2 aliphatic rings. The van der Waals surface area contributed by atoms with Crippen LogP contribution in [0.5, 0.6) is 5.75 Å². The number of thiocarbonyl (C=S) groups is 1. The Morgan fingerprint density at radius 3 is 2.37 bits per heavy atom. The molecular formula is C24H29N3O2S. The summed E-state index contributed by atoms with van der Waals surface area (Å²) in [6.07, 6.45) is 6.88. The second-order valence-corrected chi connectivity index (χ2v) is 8.50.